The fourth-order valence-electron chi connectivity index (χ4n) is 3.32. The number of carbonyl (C=O) groups is 4. The summed E-state index contributed by atoms with van der Waals surface area (Å²) < 4.78 is 1.17. The minimum absolute atomic E-state index is 0.0957. The number of hydrogen-bond donors (Lipinski definition) is 5. The van der Waals surface area contributed by atoms with Crippen molar-refractivity contribution in [3.8, 4) is 0 Å². The van der Waals surface area contributed by atoms with Crippen LogP contribution in [-0.4, -0.2) is 50.7 Å². The number of carboxylic acid groups (broad SMARTS) is 1. The van der Waals surface area contributed by atoms with Crippen LogP contribution in [-0.2, 0) is 16.0 Å². The van der Waals surface area contributed by atoms with E-state index in [1.165, 1.54) is 10.8 Å². The van der Waals surface area contributed by atoms with Crippen molar-refractivity contribution in [3.63, 3.8) is 0 Å². The molecule has 0 bridgehead atoms. The van der Waals surface area contributed by atoms with Gasteiger partial charge in [0, 0.05) is 18.2 Å². The summed E-state index contributed by atoms with van der Waals surface area (Å²) in [6, 6.07) is 5.27. The number of nitrogens with one attached hydrogen (secondary N) is 3. The fraction of sp³-hybridized carbons (Fsp3) is 0.250. The summed E-state index contributed by atoms with van der Waals surface area (Å²) in [4.78, 5) is 64.3. The quantitative estimate of drug-likeness (QED) is 0.263. The lowest BCUT2D eigenvalue weighted by Gasteiger charge is -2.18. The van der Waals surface area contributed by atoms with Crippen LogP contribution in [0.25, 0.3) is 0 Å². The smallest absolute Gasteiger partial charge is 0.332 e. The molecule has 4 amide bonds. The highest BCUT2D eigenvalue weighted by atomic mass is 16.4. The van der Waals surface area contributed by atoms with Gasteiger partial charge in [-0.05, 0) is 18.6 Å². The summed E-state index contributed by atoms with van der Waals surface area (Å²) in [6.07, 6.45) is 2.33. The minimum atomic E-state index is -1.22. The van der Waals surface area contributed by atoms with Gasteiger partial charge in [0.1, 0.15) is 17.6 Å². The monoisotopic (exact) mass is 455 g/mol. The van der Waals surface area contributed by atoms with Crippen molar-refractivity contribution >= 4 is 35.7 Å². The Bertz CT molecular complexity index is 1160. The van der Waals surface area contributed by atoms with Crippen LogP contribution >= 0.6 is 0 Å². The molecule has 1 aliphatic rings. The number of benzene rings is 1. The van der Waals surface area contributed by atoms with Gasteiger partial charge >= 0.3 is 12.0 Å². The number of rotatable bonds is 8. The Labute approximate surface area is 186 Å². The van der Waals surface area contributed by atoms with Gasteiger partial charge in [-0.2, -0.15) is 5.10 Å². The van der Waals surface area contributed by atoms with Gasteiger partial charge in [0.05, 0.1) is 18.7 Å². The Morgan fingerprint density at radius 2 is 2.00 bits per heavy atom. The number of hydrazone groups is 1. The zero-order valence-corrected chi connectivity index (χ0v) is 17.2. The van der Waals surface area contributed by atoms with Gasteiger partial charge < -0.3 is 21.5 Å². The first-order valence-corrected chi connectivity index (χ1v) is 9.84. The van der Waals surface area contributed by atoms with Gasteiger partial charge in [-0.3, -0.25) is 23.7 Å². The number of amides is 4. The maximum atomic E-state index is 13.0. The van der Waals surface area contributed by atoms with Crippen LogP contribution in [0.1, 0.15) is 35.1 Å². The summed E-state index contributed by atoms with van der Waals surface area (Å²) in [5, 5.41) is 17.5. The summed E-state index contributed by atoms with van der Waals surface area (Å²) in [5.41, 5.74) is 6.45. The highest BCUT2D eigenvalue weighted by Crippen LogP contribution is 2.23. The number of carboxylic acids is 1. The zero-order valence-electron chi connectivity index (χ0n) is 17.2. The second-order valence-electron chi connectivity index (χ2n) is 7.11. The molecule has 2 heterocycles. The third-order valence-corrected chi connectivity index (χ3v) is 4.76. The average Bonchev–Trinajstić information content (AvgIpc) is 3.20. The Kier molecular flexibility index (Phi) is 7.13. The third-order valence-electron chi connectivity index (χ3n) is 4.76. The number of hydrogen-bond acceptors (Lipinski definition) is 7. The van der Waals surface area contributed by atoms with Gasteiger partial charge in [0.2, 0.25) is 5.91 Å². The standard InChI is InChI=1S/C20H21N7O6/c21-20(33)26-23-9-12(8-16(28)29)24-18(31)14-6-7-15-22-10-13(19(32)27(14)15)25-17(30)11-4-2-1-3-5-11/h1-5,9-10,12,14H,6-8H2,(H,24,31)(H,25,30)(H,28,29)(H3,21,26,33)/b23-9+. The van der Waals surface area contributed by atoms with E-state index in [1.807, 2.05) is 5.43 Å². The molecule has 1 aliphatic heterocycles. The van der Waals surface area contributed by atoms with E-state index in [0.29, 0.717) is 17.8 Å². The molecule has 1 aromatic carbocycles. The van der Waals surface area contributed by atoms with Gasteiger partial charge in [0.25, 0.3) is 11.5 Å². The van der Waals surface area contributed by atoms with Crippen LogP contribution in [0.2, 0.25) is 0 Å². The number of aryl methyl sites for hydroxylation is 1. The van der Waals surface area contributed by atoms with Crippen molar-refractivity contribution in [2.45, 2.75) is 31.3 Å². The number of aromatic nitrogens is 2. The highest BCUT2D eigenvalue weighted by Gasteiger charge is 2.32. The van der Waals surface area contributed by atoms with E-state index in [9.17, 15) is 24.0 Å². The Morgan fingerprint density at radius 3 is 2.67 bits per heavy atom. The molecule has 0 radical (unpaired) electrons. The molecule has 1 aromatic heterocycles. The number of anilines is 1. The minimum Gasteiger partial charge on any atom is -0.481 e. The van der Waals surface area contributed by atoms with Gasteiger partial charge in [0.15, 0.2) is 0 Å². The Hall–Kier alpha value is -4.55. The number of nitrogens with two attached hydrogens (primary N) is 1. The van der Waals surface area contributed by atoms with Crippen molar-refractivity contribution in [1.29, 1.82) is 0 Å². The lowest BCUT2D eigenvalue weighted by molar-refractivity contribution is -0.137. The molecule has 33 heavy (non-hydrogen) atoms. The number of aliphatic carboxylic acids is 1. The number of carbonyl (C=O) groups excluding carboxylic acids is 3. The molecule has 2 atom stereocenters. The van der Waals surface area contributed by atoms with Crippen molar-refractivity contribution in [3.05, 3.63) is 58.3 Å². The molecule has 6 N–H and O–H groups in total. The molecular weight excluding hydrogens is 434 g/mol. The van der Waals surface area contributed by atoms with Gasteiger partial charge in [-0.25, -0.2) is 15.2 Å². The fourth-order valence-corrected chi connectivity index (χ4v) is 3.32. The number of primary amides is 1. The van der Waals surface area contributed by atoms with E-state index < -0.39 is 47.9 Å². The molecule has 0 saturated carbocycles. The van der Waals surface area contributed by atoms with E-state index in [0.717, 1.165) is 6.21 Å². The summed E-state index contributed by atoms with van der Waals surface area (Å²) in [7, 11) is 0. The van der Waals surface area contributed by atoms with E-state index in [2.05, 4.69) is 20.7 Å². The number of fused-ring (bicyclic) bond motifs is 1. The second-order valence-corrected chi connectivity index (χ2v) is 7.11. The first-order chi connectivity index (χ1) is 15.8. The van der Waals surface area contributed by atoms with Gasteiger partial charge in [-0.15, -0.1) is 0 Å². The molecule has 2 aromatic rings. The largest absolute Gasteiger partial charge is 0.481 e. The average molecular weight is 455 g/mol. The molecule has 3 rings (SSSR count). The van der Waals surface area contributed by atoms with Crippen molar-refractivity contribution in [2.24, 2.45) is 10.8 Å². The number of nitrogens with zero attached hydrogens (tertiary/aromatic N) is 3. The van der Waals surface area contributed by atoms with Crippen LogP contribution in [0.15, 0.2) is 46.4 Å². The molecule has 0 aliphatic carbocycles. The van der Waals surface area contributed by atoms with Crippen LogP contribution < -0.4 is 27.4 Å². The van der Waals surface area contributed by atoms with Gasteiger partial charge in [-0.1, -0.05) is 18.2 Å². The molecule has 2 unspecified atom stereocenters. The van der Waals surface area contributed by atoms with Crippen LogP contribution in [0.4, 0.5) is 10.5 Å². The van der Waals surface area contributed by atoms with Crippen LogP contribution in [0, 0.1) is 0 Å². The predicted molar refractivity (Wildman–Crippen MR) is 116 cm³/mol. The summed E-state index contributed by atoms with van der Waals surface area (Å²) >= 11 is 0. The highest BCUT2D eigenvalue weighted by molar-refractivity contribution is 6.04. The Balaban J connectivity index is 1.79. The molecule has 13 nitrogen and oxygen atoms in total. The first kappa shape index (κ1) is 23.1. The van der Waals surface area contributed by atoms with Crippen molar-refractivity contribution in [1.82, 2.24) is 20.3 Å². The van der Waals surface area contributed by atoms with Crippen molar-refractivity contribution in [2.75, 3.05) is 5.32 Å². The SMILES string of the molecule is NC(=O)N/N=C/C(CC(=O)O)NC(=O)C1CCc2ncc(NC(=O)c3ccccc3)c(=O)n21. The maximum Gasteiger partial charge on any atom is 0.332 e. The van der Waals surface area contributed by atoms with E-state index in [4.69, 9.17) is 10.8 Å². The lowest BCUT2D eigenvalue weighted by atomic mass is 10.1. The lowest BCUT2D eigenvalue weighted by Crippen LogP contribution is -2.43. The summed E-state index contributed by atoms with van der Waals surface area (Å²) in [5.74, 6) is -2.01. The van der Waals surface area contributed by atoms with Crippen LogP contribution in [0.3, 0.4) is 0 Å². The first-order valence-electron chi connectivity index (χ1n) is 9.84. The summed E-state index contributed by atoms with van der Waals surface area (Å²) in [6.45, 7) is 0. The number of urea groups is 1. The Morgan fingerprint density at radius 1 is 1.27 bits per heavy atom. The molecular formula is C20H21N7O6. The zero-order chi connectivity index (χ0) is 24.0. The normalized spacial score (nSPS) is 15.5. The molecule has 0 saturated heterocycles. The maximum absolute atomic E-state index is 13.0. The van der Waals surface area contributed by atoms with Crippen molar-refractivity contribution < 1.29 is 24.3 Å². The molecule has 172 valence electrons. The topological polar surface area (TPSA) is 198 Å². The second kappa shape index (κ2) is 10.2. The molecule has 0 spiro atoms. The predicted octanol–water partition coefficient (Wildman–Crippen LogP) is -0.403. The molecule has 13 heteroatoms. The van der Waals surface area contributed by atoms with E-state index in [1.54, 1.807) is 30.3 Å². The van der Waals surface area contributed by atoms with Crippen LogP contribution in [0.5, 0.6) is 0 Å². The van der Waals surface area contributed by atoms with E-state index >= 15 is 0 Å². The molecule has 0 fully saturated rings. The van der Waals surface area contributed by atoms with E-state index in [-0.39, 0.29) is 12.1 Å². The third kappa shape index (κ3) is 5.78.